The summed E-state index contributed by atoms with van der Waals surface area (Å²) in [5, 5.41) is 4.82. The zero-order valence-electron chi connectivity index (χ0n) is 14.1. The smallest absolute Gasteiger partial charge is 0.188 e. The summed E-state index contributed by atoms with van der Waals surface area (Å²) in [6, 6.07) is 0. The Hall–Kier alpha value is -0.810. The zero-order valence-corrected chi connectivity index (χ0v) is 14.9. The molecule has 2 heterocycles. The van der Waals surface area contributed by atoms with Crippen LogP contribution in [0.2, 0.25) is 0 Å². The molecule has 0 radical (unpaired) electrons. The zero-order chi connectivity index (χ0) is 15.9. The predicted molar refractivity (Wildman–Crippen MR) is 93.2 cm³/mol. The number of thioether (sulfide) groups is 1. The first-order valence-electron chi connectivity index (χ1n) is 8.40. The lowest BCUT2D eigenvalue weighted by Crippen LogP contribution is -2.37. The van der Waals surface area contributed by atoms with Gasteiger partial charge in [-0.05, 0) is 56.0 Å². The highest BCUT2D eigenvalue weighted by atomic mass is 32.2. The fraction of sp³-hybridized carbons (Fsp3) is 0.765. The van der Waals surface area contributed by atoms with Crippen LogP contribution in [0.1, 0.15) is 51.0 Å². The van der Waals surface area contributed by atoms with E-state index in [1.807, 2.05) is 12.5 Å². The normalized spacial score (nSPS) is 19.7. The molecule has 2 rings (SSSR count). The van der Waals surface area contributed by atoms with E-state index in [9.17, 15) is 4.79 Å². The quantitative estimate of drug-likeness (QED) is 0.771. The van der Waals surface area contributed by atoms with E-state index >= 15 is 0 Å². The van der Waals surface area contributed by atoms with Crippen molar-refractivity contribution in [3.63, 3.8) is 0 Å². The van der Waals surface area contributed by atoms with Gasteiger partial charge in [-0.25, -0.2) is 0 Å². The summed E-state index contributed by atoms with van der Waals surface area (Å²) in [5.74, 6) is 1.23. The van der Waals surface area contributed by atoms with Gasteiger partial charge in [-0.3, -0.25) is 9.48 Å². The first-order chi connectivity index (χ1) is 10.6. The standard InChI is InChI=1S/C17H29N3OS/c1-14(2)16-10-18-20(13-16)12-15-6-4-8-19(11-15)9-5-7-17(21)22-3/h10,13-15H,4-9,11-12H2,1-3H3/t15-/m1/s1. The Balaban J connectivity index is 1.76. The maximum atomic E-state index is 11.3. The van der Waals surface area contributed by atoms with Crippen LogP contribution in [-0.2, 0) is 11.3 Å². The van der Waals surface area contributed by atoms with Crippen LogP contribution in [0.3, 0.4) is 0 Å². The van der Waals surface area contributed by atoms with Gasteiger partial charge in [0, 0.05) is 25.7 Å². The average molecular weight is 324 g/mol. The Labute approximate surface area is 138 Å². The molecule has 0 saturated carbocycles. The van der Waals surface area contributed by atoms with Crippen LogP contribution in [0.15, 0.2) is 12.4 Å². The second kappa shape index (κ2) is 8.73. The number of aromatic nitrogens is 2. The molecule has 1 aliphatic rings. The molecule has 124 valence electrons. The molecule has 5 heteroatoms. The minimum absolute atomic E-state index is 0.311. The van der Waals surface area contributed by atoms with Crippen molar-refractivity contribution >= 4 is 16.9 Å². The lowest BCUT2D eigenvalue weighted by molar-refractivity contribution is -0.111. The van der Waals surface area contributed by atoms with Gasteiger partial charge in [0.05, 0.1) is 6.20 Å². The summed E-state index contributed by atoms with van der Waals surface area (Å²) in [4.78, 5) is 13.9. The summed E-state index contributed by atoms with van der Waals surface area (Å²) < 4.78 is 2.11. The van der Waals surface area contributed by atoms with Crippen molar-refractivity contribution in [1.29, 1.82) is 0 Å². The van der Waals surface area contributed by atoms with Crippen LogP contribution in [0.25, 0.3) is 0 Å². The summed E-state index contributed by atoms with van der Waals surface area (Å²) in [7, 11) is 0. The molecule has 22 heavy (non-hydrogen) atoms. The predicted octanol–water partition coefficient (Wildman–Crippen LogP) is 3.39. The fourth-order valence-corrected chi connectivity index (χ4v) is 3.44. The molecule has 4 nitrogen and oxygen atoms in total. The van der Waals surface area contributed by atoms with Crippen LogP contribution in [0.4, 0.5) is 0 Å². The van der Waals surface area contributed by atoms with E-state index < -0.39 is 0 Å². The molecule has 0 amide bonds. The molecule has 1 aromatic heterocycles. The molecule has 1 fully saturated rings. The topological polar surface area (TPSA) is 38.1 Å². The van der Waals surface area contributed by atoms with Crippen LogP contribution in [0.5, 0.6) is 0 Å². The molecule has 1 aromatic rings. The number of carbonyl (C=O) groups excluding carboxylic acids is 1. The molecule has 0 unspecified atom stereocenters. The Bertz CT molecular complexity index is 472. The van der Waals surface area contributed by atoms with Crippen molar-refractivity contribution in [2.75, 3.05) is 25.9 Å². The van der Waals surface area contributed by atoms with Gasteiger partial charge in [0.1, 0.15) is 0 Å². The third kappa shape index (κ3) is 5.43. The molecule has 1 aliphatic heterocycles. The molecule has 0 N–H and O–H groups in total. The second-order valence-corrected chi connectivity index (χ2v) is 7.50. The van der Waals surface area contributed by atoms with Crippen molar-refractivity contribution in [2.45, 2.75) is 52.0 Å². The molecule has 0 spiro atoms. The van der Waals surface area contributed by atoms with Crippen molar-refractivity contribution in [3.8, 4) is 0 Å². The first-order valence-corrected chi connectivity index (χ1v) is 9.62. The Morgan fingerprint density at radius 2 is 2.32 bits per heavy atom. The van der Waals surface area contributed by atoms with Gasteiger partial charge in [0.2, 0.25) is 0 Å². The van der Waals surface area contributed by atoms with Crippen molar-refractivity contribution in [1.82, 2.24) is 14.7 Å². The molecule has 0 aliphatic carbocycles. The third-order valence-electron chi connectivity index (χ3n) is 4.45. The summed E-state index contributed by atoms with van der Waals surface area (Å²) in [5.41, 5.74) is 1.32. The minimum Gasteiger partial charge on any atom is -0.303 e. The Morgan fingerprint density at radius 3 is 3.00 bits per heavy atom. The maximum Gasteiger partial charge on any atom is 0.188 e. The van der Waals surface area contributed by atoms with Crippen molar-refractivity contribution in [3.05, 3.63) is 18.0 Å². The minimum atomic E-state index is 0.311. The van der Waals surface area contributed by atoms with E-state index in [2.05, 4.69) is 34.7 Å². The van der Waals surface area contributed by atoms with Crippen LogP contribution >= 0.6 is 11.8 Å². The van der Waals surface area contributed by atoms with Gasteiger partial charge in [-0.15, -0.1) is 0 Å². The van der Waals surface area contributed by atoms with Gasteiger partial charge in [-0.1, -0.05) is 25.6 Å². The summed E-state index contributed by atoms with van der Waals surface area (Å²) in [6.45, 7) is 8.82. The summed E-state index contributed by atoms with van der Waals surface area (Å²) >= 11 is 1.35. The SMILES string of the molecule is CSC(=O)CCCN1CCC[C@@H](Cn2cc(C(C)C)cn2)C1. The van der Waals surface area contributed by atoms with Crippen LogP contribution < -0.4 is 0 Å². The Kier molecular flexibility index (Phi) is 6.96. The average Bonchev–Trinajstić information content (AvgIpc) is 2.96. The number of piperidine rings is 1. The van der Waals surface area contributed by atoms with Gasteiger partial charge >= 0.3 is 0 Å². The van der Waals surface area contributed by atoms with Gasteiger partial charge in [0.25, 0.3) is 0 Å². The monoisotopic (exact) mass is 323 g/mol. The van der Waals surface area contributed by atoms with Gasteiger partial charge in [-0.2, -0.15) is 5.10 Å². The van der Waals surface area contributed by atoms with Crippen LogP contribution in [0, 0.1) is 5.92 Å². The van der Waals surface area contributed by atoms with E-state index in [4.69, 9.17) is 0 Å². The number of hydrogen-bond acceptors (Lipinski definition) is 4. The largest absolute Gasteiger partial charge is 0.303 e. The summed E-state index contributed by atoms with van der Waals surface area (Å²) in [6.07, 6.45) is 10.3. The van der Waals surface area contributed by atoms with E-state index in [0.717, 1.165) is 26.1 Å². The number of nitrogens with zero attached hydrogens (tertiary/aromatic N) is 3. The lowest BCUT2D eigenvalue weighted by atomic mass is 9.98. The highest BCUT2D eigenvalue weighted by molar-refractivity contribution is 8.13. The second-order valence-electron chi connectivity index (χ2n) is 6.64. The van der Waals surface area contributed by atoms with E-state index in [1.165, 1.54) is 36.7 Å². The molecular weight excluding hydrogens is 294 g/mol. The number of carbonyl (C=O) groups is 1. The first kappa shape index (κ1) is 17.5. The van der Waals surface area contributed by atoms with Crippen LogP contribution in [-0.4, -0.2) is 45.7 Å². The highest BCUT2D eigenvalue weighted by Gasteiger charge is 2.20. The molecular formula is C17H29N3OS. The molecule has 1 atom stereocenters. The Morgan fingerprint density at radius 1 is 1.50 bits per heavy atom. The third-order valence-corrected chi connectivity index (χ3v) is 5.11. The lowest BCUT2D eigenvalue weighted by Gasteiger charge is -2.32. The van der Waals surface area contributed by atoms with E-state index in [-0.39, 0.29) is 0 Å². The van der Waals surface area contributed by atoms with E-state index in [0.29, 0.717) is 23.4 Å². The molecule has 1 saturated heterocycles. The van der Waals surface area contributed by atoms with E-state index in [1.54, 1.807) is 0 Å². The number of rotatable bonds is 7. The van der Waals surface area contributed by atoms with Gasteiger partial charge < -0.3 is 4.90 Å². The fourth-order valence-electron chi connectivity index (χ4n) is 3.09. The molecule has 0 bridgehead atoms. The van der Waals surface area contributed by atoms with Crippen molar-refractivity contribution in [2.24, 2.45) is 5.92 Å². The van der Waals surface area contributed by atoms with Gasteiger partial charge in [0.15, 0.2) is 5.12 Å². The van der Waals surface area contributed by atoms with Crippen molar-refractivity contribution < 1.29 is 4.79 Å². The highest BCUT2D eigenvalue weighted by Crippen LogP contribution is 2.20. The molecule has 0 aromatic carbocycles. The number of likely N-dealkylation sites (tertiary alicyclic amines) is 1. The number of hydrogen-bond donors (Lipinski definition) is 0. The maximum absolute atomic E-state index is 11.3.